The first-order valence-electron chi connectivity index (χ1n) is 9.25. The zero-order chi connectivity index (χ0) is 21.3. The number of fused-ring (bicyclic) bond motifs is 1. The predicted molar refractivity (Wildman–Crippen MR) is 107 cm³/mol. The van der Waals surface area contributed by atoms with Crippen molar-refractivity contribution in [3.63, 3.8) is 0 Å². The first kappa shape index (κ1) is 19.6. The van der Waals surface area contributed by atoms with Crippen LogP contribution in [0.3, 0.4) is 0 Å². The average molecular weight is 411 g/mol. The van der Waals surface area contributed by atoms with Crippen LogP contribution in [0.2, 0.25) is 0 Å². The van der Waals surface area contributed by atoms with Crippen LogP contribution in [0.15, 0.2) is 40.9 Å². The Morgan fingerprint density at radius 2 is 1.77 bits per heavy atom. The van der Waals surface area contributed by atoms with E-state index in [9.17, 15) is 4.79 Å². The van der Waals surface area contributed by atoms with Crippen molar-refractivity contribution < 1.29 is 28.3 Å². The molecule has 1 atom stereocenters. The molecule has 1 aliphatic rings. The molecule has 1 aromatic heterocycles. The smallest absolute Gasteiger partial charge is 0.268 e. The van der Waals surface area contributed by atoms with E-state index in [0.717, 1.165) is 0 Å². The second kappa shape index (κ2) is 7.94. The molecule has 1 aliphatic heterocycles. The molecule has 0 aliphatic carbocycles. The normalized spacial score (nSPS) is 15.4. The van der Waals surface area contributed by atoms with E-state index in [-0.39, 0.29) is 18.3 Å². The molecule has 156 valence electrons. The number of carbonyl (C=O) groups is 1. The third kappa shape index (κ3) is 3.38. The van der Waals surface area contributed by atoms with E-state index < -0.39 is 6.10 Å². The summed E-state index contributed by atoms with van der Waals surface area (Å²) in [6.45, 7) is 1.83. The number of benzene rings is 2. The van der Waals surface area contributed by atoms with Gasteiger partial charge in [0.15, 0.2) is 17.6 Å². The van der Waals surface area contributed by atoms with E-state index in [1.54, 1.807) is 24.0 Å². The van der Waals surface area contributed by atoms with Crippen molar-refractivity contribution in [2.45, 2.75) is 19.6 Å². The highest BCUT2D eigenvalue weighted by Crippen LogP contribution is 2.41. The van der Waals surface area contributed by atoms with Crippen LogP contribution in [-0.4, -0.2) is 43.5 Å². The van der Waals surface area contributed by atoms with Gasteiger partial charge in [0.25, 0.3) is 5.91 Å². The first-order chi connectivity index (χ1) is 14.5. The van der Waals surface area contributed by atoms with Gasteiger partial charge in [0.2, 0.25) is 17.5 Å². The van der Waals surface area contributed by atoms with Crippen LogP contribution in [-0.2, 0) is 11.3 Å². The highest BCUT2D eigenvalue weighted by molar-refractivity contribution is 5.99. The van der Waals surface area contributed by atoms with E-state index in [1.807, 2.05) is 24.3 Å². The molecule has 4 rings (SSSR count). The predicted octanol–water partition coefficient (Wildman–Crippen LogP) is 3.08. The highest BCUT2D eigenvalue weighted by atomic mass is 16.5. The lowest BCUT2D eigenvalue weighted by molar-refractivity contribution is -0.125. The highest BCUT2D eigenvalue weighted by Gasteiger charge is 2.32. The quantitative estimate of drug-likeness (QED) is 0.611. The summed E-state index contributed by atoms with van der Waals surface area (Å²) in [5.41, 5.74) is 1.29. The van der Waals surface area contributed by atoms with Crippen molar-refractivity contribution in [2.75, 3.05) is 26.2 Å². The minimum Gasteiger partial charge on any atom is -0.493 e. The van der Waals surface area contributed by atoms with Crippen molar-refractivity contribution in [3.05, 3.63) is 42.3 Å². The lowest BCUT2D eigenvalue weighted by atomic mass is 10.1. The molecular formula is C21H21N3O6. The van der Waals surface area contributed by atoms with Crippen LogP contribution < -0.4 is 23.8 Å². The molecule has 3 aromatic rings. The lowest BCUT2D eigenvalue weighted by Crippen LogP contribution is -2.44. The van der Waals surface area contributed by atoms with Crippen LogP contribution in [0.1, 0.15) is 12.8 Å². The molecule has 30 heavy (non-hydrogen) atoms. The number of nitrogens with zero attached hydrogens (tertiary/aromatic N) is 3. The fourth-order valence-electron chi connectivity index (χ4n) is 3.30. The summed E-state index contributed by atoms with van der Waals surface area (Å²) in [5, 5.41) is 4.05. The summed E-state index contributed by atoms with van der Waals surface area (Å²) in [7, 11) is 4.60. The molecule has 1 unspecified atom stereocenters. The molecule has 0 radical (unpaired) electrons. The lowest BCUT2D eigenvalue weighted by Gasteiger charge is -2.31. The van der Waals surface area contributed by atoms with Crippen LogP contribution in [0.4, 0.5) is 5.69 Å². The molecule has 0 saturated heterocycles. The largest absolute Gasteiger partial charge is 0.493 e. The van der Waals surface area contributed by atoms with Crippen molar-refractivity contribution >= 4 is 11.6 Å². The Hall–Kier alpha value is -3.75. The van der Waals surface area contributed by atoms with Gasteiger partial charge in [-0.15, -0.1) is 0 Å². The van der Waals surface area contributed by atoms with Crippen LogP contribution in [0, 0.1) is 0 Å². The van der Waals surface area contributed by atoms with Gasteiger partial charge in [-0.1, -0.05) is 17.3 Å². The molecule has 0 bridgehead atoms. The average Bonchev–Trinajstić information content (AvgIpc) is 3.24. The zero-order valence-electron chi connectivity index (χ0n) is 17.0. The van der Waals surface area contributed by atoms with Crippen molar-refractivity contribution in [3.8, 4) is 34.4 Å². The van der Waals surface area contributed by atoms with E-state index >= 15 is 0 Å². The number of carbonyl (C=O) groups excluding carboxylic acids is 1. The molecule has 0 N–H and O–H groups in total. The standard InChI is InChI=1S/C21H21N3O6/c1-12-21(25)24(14-7-5-6-8-15(14)29-12)11-18-22-20(23-30-18)13-9-16(26-2)19(28-4)17(10-13)27-3/h5-10,12H,11H2,1-4H3. The van der Waals surface area contributed by atoms with E-state index in [1.165, 1.54) is 21.3 Å². The summed E-state index contributed by atoms with van der Waals surface area (Å²) in [4.78, 5) is 18.7. The third-order valence-electron chi connectivity index (χ3n) is 4.76. The fraction of sp³-hybridized carbons (Fsp3) is 0.286. The van der Waals surface area contributed by atoms with Crippen LogP contribution >= 0.6 is 0 Å². The van der Waals surface area contributed by atoms with Crippen LogP contribution in [0.5, 0.6) is 23.0 Å². The number of hydrogen-bond donors (Lipinski definition) is 0. The third-order valence-corrected chi connectivity index (χ3v) is 4.76. The SMILES string of the molecule is COc1cc(-c2noc(CN3C(=O)C(C)Oc4ccccc43)n2)cc(OC)c1OC. The van der Waals surface area contributed by atoms with Gasteiger partial charge in [-0.2, -0.15) is 4.98 Å². The minimum atomic E-state index is -0.600. The number of hydrogen-bond acceptors (Lipinski definition) is 8. The van der Waals surface area contributed by atoms with Gasteiger partial charge in [0.1, 0.15) is 12.3 Å². The summed E-state index contributed by atoms with van der Waals surface area (Å²) in [5.74, 6) is 2.50. The van der Waals surface area contributed by atoms with Crippen LogP contribution in [0.25, 0.3) is 11.4 Å². The summed E-state index contributed by atoms with van der Waals surface area (Å²) in [6.07, 6.45) is -0.600. The molecule has 0 spiro atoms. The fourth-order valence-corrected chi connectivity index (χ4v) is 3.30. The van der Waals surface area contributed by atoms with E-state index in [2.05, 4.69) is 10.1 Å². The van der Waals surface area contributed by atoms with Gasteiger partial charge in [-0.3, -0.25) is 9.69 Å². The number of ether oxygens (including phenoxy) is 4. The molecule has 1 amide bonds. The van der Waals surface area contributed by atoms with E-state index in [0.29, 0.717) is 40.1 Å². The number of aromatic nitrogens is 2. The number of methoxy groups -OCH3 is 3. The second-order valence-corrected chi connectivity index (χ2v) is 6.58. The Labute approximate surface area is 173 Å². The molecule has 9 nitrogen and oxygen atoms in total. The maximum absolute atomic E-state index is 12.7. The Balaban J connectivity index is 1.65. The summed E-state index contributed by atoms with van der Waals surface area (Å²) >= 11 is 0. The monoisotopic (exact) mass is 411 g/mol. The van der Waals surface area contributed by atoms with Gasteiger partial charge in [-0.25, -0.2) is 0 Å². The van der Waals surface area contributed by atoms with Gasteiger partial charge < -0.3 is 23.5 Å². The van der Waals surface area contributed by atoms with Crippen molar-refractivity contribution in [1.29, 1.82) is 0 Å². The van der Waals surface area contributed by atoms with Crippen molar-refractivity contribution in [1.82, 2.24) is 10.1 Å². The maximum Gasteiger partial charge on any atom is 0.268 e. The topological polar surface area (TPSA) is 96.2 Å². The summed E-state index contributed by atoms with van der Waals surface area (Å²) < 4.78 is 27.2. The van der Waals surface area contributed by atoms with Crippen molar-refractivity contribution in [2.24, 2.45) is 0 Å². The number of anilines is 1. The molecule has 2 aromatic carbocycles. The Morgan fingerprint density at radius 1 is 1.07 bits per heavy atom. The minimum absolute atomic E-state index is 0.126. The molecule has 9 heteroatoms. The Morgan fingerprint density at radius 3 is 2.43 bits per heavy atom. The number of amides is 1. The van der Waals surface area contributed by atoms with E-state index in [4.69, 9.17) is 23.5 Å². The zero-order valence-corrected chi connectivity index (χ0v) is 17.0. The molecule has 2 heterocycles. The molecule has 0 saturated carbocycles. The van der Waals surface area contributed by atoms with Gasteiger partial charge in [0, 0.05) is 5.56 Å². The summed E-state index contributed by atoms with van der Waals surface area (Å²) in [6, 6.07) is 10.8. The Kier molecular flexibility index (Phi) is 5.18. The first-order valence-corrected chi connectivity index (χ1v) is 9.25. The second-order valence-electron chi connectivity index (χ2n) is 6.58. The van der Waals surface area contributed by atoms with Gasteiger partial charge in [0.05, 0.1) is 27.0 Å². The number of rotatable bonds is 6. The number of para-hydroxylation sites is 2. The Bertz CT molecular complexity index is 1060. The maximum atomic E-state index is 12.7. The van der Waals surface area contributed by atoms with Gasteiger partial charge in [-0.05, 0) is 31.2 Å². The molecule has 0 fully saturated rings. The van der Waals surface area contributed by atoms with Gasteiger partial charge >= 0.3 is 0 Å². The molecular weight excluding hydrogens is 390 g/mol.